The Morgan fingerprint density at radius 2 is 1.91 bits per heavy atom. The fourth-order valence-electron chi connectivity index (χ4n) is 1.74. The second kappa shape index (κ2) is 6.80. The molecule has 1 heterocycles. The Morgan fingerprint density at radius 1 is 1.22 bits per heavy atom. The van der Waals surface area contributed by atoms with Gasteiger partial charge < -0.3 is 10.3 Å². The molecule has 23 heavy (non-hydrogen) atoms. The lowest BCUT2D eigenvalue weighted by Gasteiger charge is -2.05. The number of guanidine groups is 1. The Morgan fingerprint density at radius 3 is 2.52 bits per heavy atom. The van der Waals surface area contributed by atoms with Crippen LogP contribution in [0.15, 0.2) is 52.8 Å². The molecule has 3 N–H and O–H groups in total. The van der Waals surface area contributed by atoms with Crippen LogP contribution in [-0.4, -0.2) is 26.7 Å². The van der Waals surface area contributed by atoms with Crippen molar-refractivity contribution in [2.45, 2.75) is 0 Å². The van der Waals surface area contributed by atoms with Gasteiger partial charge in [-0.15, -0.1) is 0 Å². The van der Waals surface area contributed by atoms with E-state index in [1.165, 1.54) is 18.3 Å². The van der Waals surface area contributed by atoms with Crippen molar-refractivity contribution >= 4 is 17.9 Å². The van der Waals surface area contributed by atoms with Gasteiger partial charge in [-0.1, -0.05) is 0 Å². The third kappa shape index (κ3) is 4.10. The molecule has 1 aromatic carbocycles. The lowest BCUT2D eigenvalue weighted by atomic mass is 10.3. The van der Waals surface area contributed by atoms with Gasteiger partial charge >= 0.3 is 0 Å². The summed E-state index contributed by atoms with van der Waals surface area (Å²) in [6.07, 6.45) is 3.11. The fourth-order valence-corrected chi connectivity index (χ4v) is 1.74. The second-order valence-electron chi connectivity index (χ2n) is 4.17. The molecule has 0 spiro atoms. The van der Waals surface area contributed by atoms with E-state index >= 15 is 0 Å². The summed E-state index contributed by atoms with van der Waals surface area (Å²) in [5.74, 6) is -0.459. The lowest BCUT2D eigenvalue weighted by Crippen LogP contribution is -2.28. The zero-order chi connectivity index (χ0) is 16.8. The summed E-state index contributed by atoms with van der Waals surface area (Å²) >= 11 is 0. The predicted octanol–water partition coefficient (Wildman–Crippen LogP) is 0.815. The molecule has 118 valence electrons. The highest BCUT2D eigenvalue weighted by molar-refractivity contribution is 5.82. The molecule has 0 saturated carbocycles. The maximum Gasteiger partial charge on any atom is 0.286 e. The van der Waals surface area contributed by atoms with Crippen LogP contribution in [0, 0.1) is 20.2 Å². The van der Waals surface area contributed by atoms with Crippen molar-refractivity contribution in [3.05, 3.63) is 68.5 Å². The summed E-state index contributed by atoms with van der Waals surface area (Å²) in [4.78, 5) is 20.3. The van der Waals surface area contributed by atoms with Crippen molar-refractivity contribution in [3.63, 3.8) is 0 Å². The molecule has 0 atom stereocenters. The number of hydrogen-bond acceptors (Lipinski definition) is 5. The monoisotopic (exact) mass is 317 g/mol. The third-order valence-electron chi connectivity index (χ3n) is 2.68. The number of nitrogens with zero attached hydrogens (tertiary/aromatic N) is 5. The maximum absolute atomic E-state index is 10.6. The van der Waals surface area contributed by atoms with Gasteiger partial charge in [0.25, 0.3) is 11.6 Å². The van der Waals surface area contributed by atoms with Gasteiger partial charge in [-0.2, -0.15) is 5.10 Å². The molecule has 1 aromatic heterocycles. The highest BCUT2D eigenvalue weighted by Gasteiger charge is 2.06. The Bertz CT molecular complexity index is 779. The Kier molecular flexibility index (Phi) is 4.62. The molecule has 0 aliphatic carbocycles. The Balaban J connectivity index is 2.16. The number of nitro groups is 2. The molecule has 2 aromatic rings. The van der Waals surface area contributed by atoms with Gasteiger partial charge in [0.2, 0.25) is 0 Å². The minimum atomic E-state index is -0.947. The highest BCUT2D eigenvalue weighted by Crippen LogP contribution is 2.16. The summed E-state index contributed by atoms with van der Waals surface area (Å²) < 4.78 is 1.72. The molecule has 11 heteroatoms. The van der Waals surface area contributed by atoms with Crippen molar-refractivity contribution in [3.8, 4) is 5.69 Å². The zero-order valence-electron chi connectivity index (χ0n) is 11.6. The molecule has 0 fully saturated rings. The SMILES string of the molecule is N/C(=N\[N+](=O)[O-])NN=Cc1cccn1-c1ccc([N+](=O)[O-])cc1. The topological polar surface area (TPSA) is 154 Å². The van der Waals surface area contributed by atoms with Crippen molar-refractivity contribution in [1.29, 1.82) is 0 Å². The van der Waals surface area contributed by atoms with Gasteiger partial charge in [0.15, 0.2) is 5.03 Å². The molecule has 11 nitrogen and oxygen atoms in total. The van der Waals surface area contributed by atoms with E-state index in [1.54, 1.807) is 35.0 Å². The maximum atomic E-state index is 10.6. The second-order valence-corrected chi connectivity index (χ2v) is 4.17. The van der Waals surface area contributed by atoms with Crippen LogP contribution in [0.1, 0.15) is 5.69 Å². The van der Waals surface area contributed by atoms with Crippen LogP contribution in [0.5, 0.6) is 0 Å². The van der Waals surface area contributed by atoms with E-state index in [2.05, 4.69) is 15.6 Å². The quantitative estimate of drug-likeness (QED) is 0.360. The zero-order valence-corrected chi connectivity index (χ0v) is 11.6. The molecule has 0 bridgehead atoms. The summed E-state index contributed by atoms with van der Waals surface area (Å²) in [5, 5.41) is 26.4. The first-order chi connectivity index (χ1) is 11.0. The van der Waals surface area contributed by atoms with E-state index in [1.807, 2.05) is 0 Å². The van der Waals surface area contributed by atoms with Crippen LogP contribution in [0.25, 0.3) is 5.69 Å². The van der Waals surface area contributed by atoms with Crippen molar-refractivity contribution < 1.29 is 9.96 Å². The number of aromatic nitrogens is 1. The number of benzene rings is 1. The van der Waals surface area contributed by atoms with Crippen LogP contribution >= 0.6 is 0 Å². The van der Waals surface area contributed by atoms with Gasteiger partial charge in [0.05, 0.1) is 16.8 Å². The van der Waals surface area contributed by atoms with Gasteiger partial charge in [-0.05, 0) is 24.3 Å². The van der Waals surface area contributed by atoms with E-state index in [0.29, 0.717) is 11.4 Å². The average molecular weight is 317 g/mol. The fraction of sp³-hybridized carbons (Fsp3) is 0. The first kappa shape index (κ1) is 15.6. The molecule has 0 aliphatic rings. The van der Waals surface area contributed by atoms with Crippen LogP contribution in [-0.2, 0) is 0 Å². The van der Waals surface area contributed by atoms with Gasteiger partial charge in [0.1, 0.15) is 5.10 Å². The number of nitro benzene ring substituents is 1. The minimum absolute atomic E-state index is 0.0124. The van der Waals surface area contributed by atoms with Gasteiger partial charge in [0, 0.05) is 24.0 Å². The molecule has 0 aliphatic heterocycles. The van der Waals surface area contributed by atoms with Gasteiger partial charge in [-0.3, -0.25) is 10.1 Å². The van der Waals surface area contributed by atoms with Crippen LogP contribution < -0.4 is 11.2 Å². The molecule has 0 unspecified atom stereocenters. The summed E-state index contributed by atoms with van der Waals surface area (Å²) in [5.41, 5.74) is 8.73. The Labute approximate surface area is 129 Å². The number of rotatable bonds is 5. The predicted molar refractivity (Wildman–Crippen MR) is 81.8 cm³/mol. The van der Waals surface area contributed by atoms with Crippen LogP contribution in [0.4, 0.5) is 5.69 Å². The minimum Gasteiger partial charge on any atom is -0.363 e. The van der Waals surface area contributed by atoms with Crippen LogP contribution in [0.2, 0.25) is 0 Å². The number of hydrazone groups is 2. The summed E-state index contributed by atoms with van der Waals surface area (Å²) in [6, 6.07) is 9.42. The molecule has 0 amide bonds. The largest absolute Gasteiger partial charge is 0.363 e. The summed E-state index contributed by atoms with van der Waals surface area (Å²) in [6.45, 7) is 0. The third-order valence-corrected chi connectivity index (χ3v) is 2.68. The molecule has 0 saturated heterocycles. The van der Waals surface area contributed by atoms with E-state index in [0.717, 1.165) is 0 Å². The normalized spacial score (nSPS) is 11.6. The van der Waals surface area contributed by atoms with E-state index in [9.17, 15) is 20.2 Å². The smallest absolute Gasteiger partial charge is 0.286 e. The molecule has 0 radical (unpaired) electrons. The van der Waals surface area contributed by atoms with Crippen molar-refractivity contribution in [1.82, 2.24) is 9.99 Å². The number of nitrogens with one attached hydrogen (secondary N) is 1. The highest BCUT2D eigenvalue weighted by atomic mass is 16.7. The van der Waals surface area contributed by atoms with Crippen molar-refractivity contribution in [2.75, 3.05) is 0 Å². The number of nitrogens with two attached hydrogens (primary N) is 1. The average Bonchev–Trinajstić information content (AvgIpc) is 2.95. The van der Waals surface area contributed by atoms with E-state index in [4.69, 9.17) is 5.73 Å². The van der Waals surface area contributed by atoms with E-state index in [-0.39, 0.29) is 5.69 Å². The standard InChI is InChI=1S/C12H11N7O4/c13-12(16-19(22)23)15-14-8-11-2-1-7-17(11)9-3-5-10(6-4-9)18(20)21/h1-8H,(H3,13,15,16). The van der Waals surface area contributed by atoms with Crippen LogP contribution in [0.3, 0.4) is 0 Å². The van der Waals surface area contributed by atoms with Gasteiger partial charge in [-0.25, -0.2) is 15.5 Å². The van der Waals surface area contributed by atoms with E-state index < -0.39 is 15.9 Å². The summed E-state index contributed by atoms with van der Waals surface area (Å²) in [7, 11) is 0. The first-order valence-electron chi connectivity index (χ1n) is 6.17. The molecular formula is C12H11N7O4. The number of hydrogen-bond donors (Lipinski definition) is 2. The molecular weight excluding hydrogens is 306 g/mol. The van der Waals surface area contributed by atoms with Crippen molar-refractivity contribution in [2.24, 2.45) is 15.9 Å². The number of non-ortho nitro benzene ring substituents is 1. The first-order valence-corrected chi connectivity index (χ1v) is 6.17. The molecule has 2 rings (SSSR count). The Hall–Kier alpha value is -3.76. The lowest BCUT2D eigenvalue weighted by molar-refractivity contribution is -0.485.